The maximum absolute atomic E-state index is 13.0. The van der Waals surface area contributed by atoms with E-state index in [-0.39, 0.29) is 41.5 Å². The molecule has 38 heavy (non-hydrogen) atoms. The van der Waals surface area contributed by atoms with Crippen molar-refractivity contribution in [2.45, 2.75) is 26.6 Å². The van der Waals surface area contributed by atoms with Crippen LogP contribution in [0.15, 0.2) is 42.7 Å². The molecule has 4 rings (SSSR count). The third-order valence-corrected chi connectivity index (χ3v) is 6.20. The van der Waals surface area contributed by atoms with E-state index < -0.39 is 5.91 Å². The van der Waals surface area contributed by atoms with E-state index in [0.717, 1.165) is 22.4 Å². The van der Waals surface area contributed by atoms with Crippen molar-refractivity contribution in [3.05, 3.63) is 65.0 Å². The van der Waals surface area contributed by atoms with Crippen LogP contribution in [0.5, 0.6) is 5.75 Å². The lowest BCUT2D eigenvalue weighted by atomic mass is 10.2. The summed E-state index contributed by atoms with van der Waals surface area (Å²) in [4.78, 5) is 38.5. The van der Waals surface area contributed by atoms with Gasteiger partial charge in [0.1, 0.15) is 18.8 Å². The maximum Gasteiger partial charge on any atom is 0.277 e. The van der Waals surface area contributed by atoms with Crippen molar-refractivity contribution >= 4 is 46.1 Å². The Balaban J connectivity index is 1.71. The highest BCUT2D eigenvalue weighted by atomic mass is 35.5. The standard InChI is InChI=1S/C25H28ClN9O3/c1-4-34-18-10-16(38-14-20(36)33(2)3)7-8-17(18)35(13-15-6-5-9-29-11-15)19(34)12-30-25(37)21-23(27)32-24(28)22(26)31-21/h5-11H,4,12-14H2,1-3H3,(H4-,27,28,30,32,37)/p+1. The number of imidazole rings is 1. The number of anilines is 2. The Morgan fingerprint density at radius 3 is 2.66 bits per heavy atom. The summed E-state index contributed by atoms with van der Waals surface area (Å²) in [6.07, 6.45) is 3.51. The first-order valence-corrected chi connectivity index (χ1v) is 12.2. The molecule has 0 aliphatic rings. The fraction of sp³-hybridized carbons (Fsp3) is 0.280. The van der Waals surface area contributed by atoms with Gasteiger partial charge in [-0.1, -0.05) is 17.7 Å². The van der Waals surface area contributed by atoms with Gasteiger partial charge < -0.3 is 26.4 Å². The van der Waals surface area contributed by atoms with E-state index in [4.69, 9.17) is 27.8 Å². The van der Waals surface area contributed by atoms with Crippen LogP contribution in [0.4, 0.5) is 11.6 Å². The molecule has 3 aromatic heterocycles. The second-order valence-electron chi connectivity index (χ2n) is 8.65. The summed E-state index contributed by atoms with van der Waals surface area (Å²) in [5, 5.41) is 2.77. The molecule has 12 nitrogen and oxygen atoms in total. The number of hydrogen-bond donors (Lipinski definition) is 3. The fourth-order valence-corrected chi connectivity index (χ4v) is 4.11. The molecule has 0 spiro atoms. The normalized spacial score (nSPS) is 10.9. The number of nitrogen functional groups attached to an aromatic ring is 2. The van der Waals surface area contributed by atoms with Gasteiger partial charge >= 0.3 is 0 Å². The van der Waals surface area contributed by atoms with Gasteiger partial charge in [0.15, 0.2) is 40.1 Å². The van der Waals surface area contributed by atoms with Crippen molar-refractivity contribution in [3.63, 3.8) is 0 Å². The maximum atomic E-state index is 13.0. The number of nitrogens with two attached hydrogens (primary N) is 2. The molecule has 0 bridgehead atoms. The molecule has 0 atom stereocenters. The number of pyridine rings is 1. The largest absolute Gasteiger partial charge is 0.484 e. The highest BCUT2D eigenvalue weighted by molar-refractivity contribution is 6.31. The van der Waals surface area contributed by atoms with Gasteiger partial charge in [-0.3, -0.25) is 14.6 Å². The minimum absolute atomic E-state index is 0.0496. The highest BCUT2D eigenvalue weighted by Crippen LogP contribution is 2.23. The van der Waals surface area contributed by atoms with Crippen molar-refractivity contribution in [2.24, 2.45) is 0 Å². The first kappa shape index (κ1) is 26.6. The lowest BCUT2D eigenvalue weighted by Gasteiger charge is -2.11. The van der Waals surface area contributed by atoms with Crippen LogP contribution in [-0.2, 0) is 24.4 Å². The number of hydrogen-bond acceptors (Lipinski definition) is 8. The summed E-state index contributed by atoms with van der Waals surface area (Å²) in [5.74, 6) is 0.530. The lowest BCUT2D eigenvalue weighted by Crippen LogP contribution is -2.42. The van der Waals surface area contributed by atoms with Gasteiger partial charge in [0, 0.05) is 38.1 Å². The number of aromatic nitrogens is 5. The van der Waals surface area contributed by atoms with Gasteiger partial charge in [0.05, 0.1) is 6.54 Å². The third kappa shape index (κ3) is 5.59. The van der Waals surface area contributed by atoms with Gasteiger partial charge in [-0.2, -0.15) is 0 Å². The van der Waals surface area contributed by atoms with Gasteiger partial charge in [0.25, 0.3) is 17.6 Å². The number of rotatable bonds is 9. The molecule has 4 aromatic rings. The molecule has 0 aliphatic heterocycles. The summed E-state index contributed by atoms with van der Waals surface area (Å²) in [6, 6.07) is 9.49. The highest BCUT2D eigenvalue weighted by Gasteiger charge is 2.26. The topological polar surface area (TPSA) is 158 Å². The number of carbonyl (C=O) groups is 2. The molecule has 198 valence electrons. The van der Waals surface area contributed by atoms with E-state index in [1.165, 1.54) is 4.90 Å². The fourth-order valence-electron chi connectivity index (χ4n) is 3.98. The van der Waals surface area contributed by atoms with Crippen molar-refractivity contribution in [1.82, 2.24) is 29.7 Å². The zero-order valence-electron chi connectivity index (χ0n) is 21.3. The van der Waals surface area contributed by atoms with Crippen LogP contribution in [0, 0.1) is 0 Å². The minimum atomic E-state index is -0.538. The first-order chi connectivity index (χ1) is 18.2. The number of nitrogens with zero attached hydrogens (tertiary/aromatic N) is 6. The molecule has 13 heteroatoms. The van der Waals surface area contributed by atoms with Gasteiger partial charge in [0.2, 0.25) is 0 Å². The Morgan fingerprint density at radius 1 is 1.18 bits per heavy atom. The van der Waals surface area contributed by atoms with Gasteiger partial charge in [-0.15, -0.1) is 0 Å². The van der Waals surface area contributed by atoms with Crippen molar-refractivity contribution in [3.8, 4) is 5.75 Å². The molecule has 1 aromatic carbocycles. The summed E-state index contributed by atoms with van der Waals surface area (Å²) in [5.41, 5.74) is 14.2. The molecule has 3 heterocycles. The lowest BCUT2D eigenvalue weighted by molar-refractivity contribution is -0.671. The number of nitrogens with one attached hydrogen (secondary N) is 1. The summed E-state index contributed by atoms with van der Waals surface area (Å²) in [7, 11) is 3.35. The Labute approximate surface area is 224 Å². The second-order valence-corrected chi connectivity index (χ2v) is 9.01. The second kappa shape index (κ2) is 11.3. The van der Waals surface area contributed by atoms with E-state index in [1.807, 2.05) is 37.3 Å². The van der Waals surface area contributed by atoms with Crippen molar-refractivity contribution < 1.29 is 18.9 Å². The van der Waals surface area contributed by atoms with Crippen LogP contribution in [0.25, 0.3) is 11.0 Å². The van der Waals surface area contributed by atoms with Crippen LogP contribution < -0.4 is 26.1 Å². The van der Waals surface area contributed by atoms with Crippen molar-refractivity contribution in [2.75, 3.05) is 32.2 Å². The quantitative estimate of drug-likeness (QED) is 0.270. The first-order valence-electron chi connectivity index (χ1n) is 11.8. The molecule has 0 saturated heterocycles. The SMILES string of the molecule is CCn1c(CNC(=O)c2nc(Cl)c(N)nc2N)[n+](Cc2cccnc2)c2ccc(OCC(=O)N(C)C)cc21. The molecule has 0 radical (unpaired) electrons. The van der Waals surface area contributed by atoms with Crippen LogP contribution >= 0.6 is 11.6 Å². The van der Waals surface area contributed by atoms with Crippen LogP contribution in [-0.4, -0.2) is 56.9 Å². The zero-order valence-corrected chi connectivity index (χ0v) is 22.1. The summed E-state index contributed by atoms with van der Waals surface area (Å²) < 4.78 is 9.91. The van der Waals surface area contributed by atoms with Crippen molar-refractivity contribution in [1.29, 1.82) is 0 Å². The molecule has 0 aliphatic carbocycles. The number of halogens is 1. The average molecular weight is 539 g/mol. The number of fused-ring (bicyclic) bond motifs is 1. The molecule has 0 saturated carbocycles. The average Bonchev–Trinajstić information content (AvgIpc) is 3.19. The third-order valence-electron chi connectivity index (χ3n) is 5.92. The van der Waals surface area contributed by atoms with E-state index in [9.17, 15) is 9.59 Å². The van der Waals surface area contributed by atoms with Gasteiger partial charge in [-0.05, 0) is 25.1 Å². The Bertz CT molecular complexity index is 1490. The molecule has 0 unspecified atom stereocenters. The molecular weight excluding hydrogens is 510 g/mol. The number of amides is 2. The zero-order chi connectivity index (χ0) is 27.4. The van der Waals surface area contributed by atoms with Crippen LogP contribution in [0.3, 0.4) is 0 Å². The van der Waals surface area contributed by atoms with E-state index in [2.05, 4.69) is 29.4 Å². The van der Waals surface area contributed by atoms with E-state index in [0.29, 0.717) is 18.8 Å². The number of aryl methyl sites for hydroxylation is 1. The molecule has 0 fully saturated rings. The minimum Gasteiger partial charge on any atom is -0.484 e. The smallest absolute Gasteiger partial charge is 0.277 e. The number of likely N-dealkylation sites (N-methyl/N-ethyl adjacent to an activating group) is 1. The summed E-state index contributed by atoms with van der Waals surface area (Å²) >= 11 is 5.96. The van der Waals surface area contributed by atoms with Gasteiger partial charge in [-0.25, -0.2) is 19.1 Å². The number of benzene rings is 1. The van der Waals surface area contributed by atoms with E-state index in [1.54, 1.807) is 26.5 Å². The van der Waals surface area contributed by atoms with Crippen LogP contribution in [0.1, 0.15) is 28.8 Å². The Kier molecular flexibility index (Phi) is 7.91. The Hall–Kier alpha value is -4.45. The number of ether oxygens (including phenoxy) is 1. The monoisotopic (exact) mass is 538 g/mol. The Morgan fingerprint density at radius 2 is 1.97 bits per heavy atom. The predicted molar refractivity (Wildman–Crippen MR) is 142 cm³/mol. The molecule has 2 amide bonds. The van der Waals surface area contributed by atoms with Crippen LogP contribution in [0.2, 0.25) is 5.15 Å². The summed E-state index contributed by atoms with van der Waals surface area (Å²) in [6.45, 7) is 3.21. The van der Waals surface area contributed by atoms with E-state index >= 15 is 0 Å². The predicted octanol–water partition coefficient (Wildman–Crippen LogP) is 1.40. The molecular formula is C25H29ClN9O3+. The number of carbonyl (C=O) groups excluding carboxylic acids is 2. The molecule has 5 N–H and O–H groups in total.